The van der Waals surface area contributed by atoms with Crippen LogP contribution in [0.3, 0.4) is 0 Å². The summed E-state index contributed by atoms with van der Waals surface area (Å²) < 4.78 is 1.21. The molecule has 1 aromatic heterocycles. The minimum Gasteiger partial charge on any atom is -0.364 e. The maximum atomic E-state index is 12.1. The number of azo groups is 1. The third kappa shape index (κ3) is 2.94. The molecule has 0 radical (unpaired) electrons. The Morgan fingerprint density at radius 1 is 1.35 bits per heavy atom. The van der Waals surface area contributed by atoms with Gasteiger partial charge < -0.3 is 5.32 Å². The Kier molecular flexibility index (Phi) is 4.31. The first-order chi connectivity index (χ1) is 9.52. The molecule has 1 aromatic carbocycles. The summed E-state index contributed by atoms with van der Waals surface area (Å²) in [5, 5.41) is 14.4. The minimum absolute atomic E-state index is 0.220. The van der Waals surface area contributed by atoms with Crippen molar-refractivity contribution in [3.8, 4) is 0 Å². The number of hydrogen-bond acceptors (Lipinski definition) is 4. The maximum absolute atomic E-state index is 12.1. The molecule has 2 rings (SSSR count). The number of rotatable bonds is 2. The van der Waals surface area contributed by atoms with Gasteiger partial charge >= 0.3 is 5.56 Å². The zero-order chi connectivity index (χ0) is 14.7. The highest BCUT2D eigenvalue weighted by atomic mass is 35.5. The van der Waals surface area contributed by atoms with Crippen molar-refractivity contribution < 1.29 is 0 Å². The Hall–Kier alpha value is -1.99. The van der Waals surface area contributed by atoms with E-state index < -0.39 is 0 Å². The summed E-state index contributed by atoms with van der Waals surface area (Å²) in [6, 6.07) is 6.83. The van der Waals surface area contributed by atoms with E-state index in [1.165, 1.54) is 4.68 Å². The highest BCUT2D eigenvalue weighted by Gasteiger charge is 2.12. The van der Waals surface area contributed by atoms with Crippen molar-refractivity contribution in [2.45, 2.75) is 6.92 Å². The molecule has 0 bridgehead atoms. The lowest BCUT2D eigenvalue weighted by atomic mass is 10.3. The molecule has 0 spiro atoms. The van der Waals surface area contributed by atoms with Gasteiger partial charge in [0.15, 0.2) is 10.8 Å². The van der Waals surface area contributed by atoms with Gasteiger partial charge in [0.25, 0.3) is 0 Å². The lowest BCUT2D eigenvalue weighted by Gasteiger charge is -2.00. The van der Waals surface area contributed by atoms with Crippen LogP contribution in [0.2, 0.25) is 5.02 Å². The van der Waals surface area contributed by atoms with Crippen molar-refractivity contribution in [2.75, 3.05) is 7.05 Å². The van der Waals surface area contributed by atoms with Crippen LogP contribution < -0.4 is 10.9 Å². The molecule has 6 nitrogen and oxygen atoms in total. The van der Waals surface area contributed by atoms with Gasteiger partial charge in [0.2, 0.25) is 0 Å². The molecule has 2 N–H and O–H groups in total. The molecule has 2 aromatic rings. The van der Waals surface area contributed by atoms with Gasteiger partial charge in [-0.25, -0.2) is 0 Å². The van der Waals surface area contributed by atoms with Crippen LogP contribution in [0.25, 0.3) is 0 Å². The van der Waals surface area contributed by atoms with Gasteiger partial charge in [-0.2, -0.15) is 9.80 Å². The van der Waals surface area contributed by atoms with E-state index in [-0.39, 0.29) is 16.4 Å². The summed E-state index contributed by atoms with van der Waals surface area (Å²) >= 11 is 10.8. The average molecular weight is 310 g/mol. The predicted molar refractivity (Wildman–Crippen MR) is 82.5 cm³/mol. The number of nitrogens with one attached hydrogen (secondary N) is 2. The Bertz CT molecular complexity index is 716. The van der Waals surface area contributed by atoms with E-state index in [9.17, 15) is 4.79 Å². The quantitative estimate of drug-likeness (QED) is 0.661. The summed E-state index contributed by atoms with van der Waals surface area (Å²) in [6.45, 7) is 1.73. The first-order valence-corrected chi connectivity index (χ1v) is 6.52. The summed E-state index contributed by atoms with van der Waals surface area (Å²) in [5.41, 5.74) is 1.07. The third-order valence-electron chi connectivity index (χ3n) is 2.55. The molecule has 0 unspecified atom stereocenters. The molecule has 0 aliphatic rings. The van der Waals surface area contributed by atoms with Crippen molar-refractivity contribution >= 4 is 40.3 Å². The SMILES string of the molecule is CNC(=S)n1[nH]c(C)c(N=Nc2ccc(Cl)cc2)c1=O. The van der Waals surface area contributed by atoms with Crippen molar-refractivity contribution in [2.24, 2.45) is 10.2 Å². The maximum Gasteiger partial charge on any atom is 0.301 e. The van der Waals surface area contributed by atoms with Crippen LogP contribution in [0.4, 0.5) is 11.4 Å². The van der Waals surface area contributed by atoms with Crippen molar-refractivity contribution in [1.82, 2.24) is 15.1 Å². The number of hydrogen-bond donors (Lipinski definition) is 2. The molecule has 0 fully saturated rings. The van der Waals surface area contributed by atoms with E-state index in [1.54, 1.807) is 38.2 Å². The van der Waals surface area contributed by atoms with Gasteiger partial charge in [-0.3, -0.25) is 9.89 Å². The second-order valence-corrected chi connectivity index (χ2v) is 4.78. The second kappa shape index (κ2) is 5.98. The first kappa shape index (κ1) is 14.4. The van der Waals surface area contributed by atoms with Crippen molar-refractivity contribution in [3.63, 3.8) is 0 Å². The number of benzene rings is 1. The molecule has 0 saturated heterocycles. The molecule has 0 aliphatic carbocycles. The van der Waals surface area contributed by atoms with Crippen LogP contribution in [0, 0.1) is 6.92 Å². The molecule has 0 amide bonds. The molecule has 104 valence electrons. The summed E-state index contributed by atoms with van der Waals surface area (Å²) in [7, 11) is 1.64. The smallest absolute Gasteiger partial charge is 0.301 e. The standard InChI is InChI=1S/C12H12ClN5OS/c1-7-10(11(19)18(17-7)12(20)14-2)16-15-9-5-3-8(13)4-6-9/h3-6,17H,1-2H3,(H,14,20). The van der Waals surface area contributed by atoms with Gasteiger partial charge in [0.05, 0.1) is 11.4 Å². The molecule has 1 heterocycles. The number of aromatic amines is 1. The minimum atomic E-state index is -0.348. The fourth-order valence-electron chi connectivity index (χ4n) is 1.53. The second-order valence-electron chi connectivity index (χ2n) is 3.96. The number of aryl methyl sites for hydroxylation is 1. The average Bonchev–Trinajstić information content (AvgIpc) is 2.73. The Balaban J connectivity index is 2.34. The molecule has 20 heavy (non-hydrogen) atoms. The highest BCUT2D eigenvalue weighted by molar-refractivity contribution is 7.80. The Labute approximate surface area is 125 Å². The zero-order valence-electron chi connectivity index (χ0n) is 10.8. The van der Waals surface area contributed by atoms with E-state index >= 15 is 0 Å². The van der Waals surface area contributed by atoms with Crippen LogP contribution in [-0.4, -0.2) is 21.9 Å². The van der Waals surface area contributed by atoms with Crippen LogP contribution in [0.5, 0.6) is 0 Å². The van der Waals surface area contributed by atoms with E-state index in [1.807, 2.05) is 0 Å². The van der Waals surface area contributed by atoms with Gasteiger partial charge in [0, 0.05) is 12.1 Å². The summed E-state index contributed by atoms with van der Waals surface area (Å²) in [5.74, 6) is 0. The van der Waals surface area contributed by atoms with Gasteiger partial charge in [0.1, 0.15) is 0 Å². The molecule has 0 atom stereocenters. The molecule has 8 heteroatoms. The topological polar surface area (TPSA) is 74.5 Å². The fraction of sp³-hybridized carbons (Fsp3) is 0.167. The lowest BCUT2D eigenvalue weighted by molar-refractivity contribution is 0.861. The van der Waals surface area contributed by atoms with Gasteiger partial charge in [-0.1, -0.05) is 11.6 Å². The van der Waals surface area contributed by atoms with E-state index in [0.717, 1.165) is 0 Å². The zero-order valence-corrected chi connectivity index (χ0v) is 12.4. The number of aromatic nitrogens is 2. The van der Waals surface area contributed by atoms with Crippen LogP contribution in [0.1, 0.15) is 5.69 Å². The Morgan fingerprint density at radius 3 is 2.60 bits per heavy atom. The normalized spacial score (nSPS) is 10.9. The fourth-order valence-corrected chi connectivity index (χ4v) is 1.78. The Morgan fingerprint density at radius 2 is 2.00 bits per heavy atom. The number of thiocarbonyl (C=S) groups is 1. The van der Waals surface area contributed by atoms with Crippen molar-refractivity contribution in [3.05, 3.63) is 45.3 Å². The largest absolute Gasteiger partial charge is 0.364 e. The monoisotopic (exact) mass is 309 g/mol. The number of nitrogens with zero attached hydrogens (tertiary/aromatic N) is 3. The predicted octanol–water partition coefficient (Wildman–Crippen LogP) is 2.91. The molecule has 0 aliphatic heterocycles. The lowest BCUT2D eigenvalue weighted by Crippen LogP contribution is -2.32. The van der Waals surface area contributed by atoms with E-state index in [0.29, 0.717) is 16.4 Å². The number of H-pyrrole nitrogens is 1. The molecule has 0 saturated carbocycles. The van der Waals surface area contributed by atoms with Crippen molar-refractivity contribution in [1.29, 1.82) is 0 Å². The summed E-state index contributed by atoms with van der Waals surface area (Å²) in [4.78, 5) is 12.1. The molecular weight excluding hydrogens is 298 g/mol. The van der Waals surface area contributed by atoms with Crippen LogP contribution in [0.15, 0.2) is 39.3 Å². The third-order valence-corrected chi connectivity index (χ3v) is 3.19. The highest BCUT2D eigenvalue weighted by Crippen LogP contribution is 2.19. The summed E-state index contributed by atoms with van der Waals surface area (Å²) in [6.07, 6.45) is 0. The van der Waals surface area contributed by atoms with Gasteiger partial charge in [-0.15, -0.1) is 5.11 Å². The first-order valence-electron chi connectivity index (χ1n) is 5.74. The van der Waals surface area contributed by atoms with Gasteiger partial charge in [-0.05, 0) is 43.4 Å². The van der Waals surface area contributed by atoms with E-state index in [2.05, 4.69) is 20.6 Å². The number of halogens is 1. The van der Waals surface area contributed by atoms with E-state index in [4.69, 9.17) is 23.8 Å². The molecular formula is C12H12ClN5OS. The van der Waals surface area contributed by atoms with Crippen LogP contribution in [-0.2, 0) is 0 Å². The van der Waals surface area contributed by atoms with Crippen LogP contribution >= 0.6 is 23.8 Å².